The molecule has 0 aliphatic carbocycles. The number of hydrogen-bond donors (Lipinski definition) is 2. The largest absolute Gasteiger partial charge is 0.385 e. The molecule has 0 saturated heterocycles. The van der Waals surface area contributed by atoms with E-state index in [4.69, 9.17) is 10.5 Å². The van der Waals surface area contributed by atoms with Gasteiger partial charge in [-0.2, -0.15) is 0 Å². The Hall–Kier alpha value is -0.910. The first-order valence-electron chi connectivity index (χ1n) is 5.45. The van der Waals surface area contributed by atoms with Crippen LogP contribution in [0.25, 0.3) is 0 Å². The summed E-state index contributed by atoms with van der Waals surface area (Å²) < 4.78 is 5.76. The van der Waals surface area contributed by atoms with Crippen LogP contribution in [0.4, 0.5) is 5.69 Å². The summed E-state index contributed by atoms with van der Waals surface area (Å²) in [6.45, 7) is 0.621. The molecule has 4 nitrogen and oxygen atoms in total. The Balaban J connectivity index is 2.46. The molecule has 5 heteroatoms. The van der Waals surface area contributed by atoms with Gasteiger partial charge in [-0.05, 0) is 40.9 Å². The fourth-order valence-electron chi connectivity index (χ4n) is 1.37. The Labute approximate surface area is 110 Å². The lowest BCUT2D eigenvalue weighted by molar-refractivity contribution is -0.117. The topological polar surface area (TPSA) is 64.3 Å². The second-order valence-corrected chi connectivity index (χ2v) is 4.56. The van der Waals surface area contributed by atoms with Crippen molar-refractivity contribution in [2.45, 2.75) is 18.9 Å². The molecule has 0 radical (unpaired) electrons. The Kier molecular flexibility index (Phi) is 6.18. The van der Waals surface area contributed by atoms with Crippen LogP contribution in [0.5, 0.6) is 0 Å². The third kappa shape index (κ3) is 4.85. The zero-order chi connectivity index (χ0) is 12.7. The van der Waals surface area contributed by atoms with Crippen LogP contribution < -0.4 is 11.1 Å². The third-order valence-electron chi connectivity index (χ3n) is 2.33. The molecule has 0 saturated carbocycles. The van der Waals surface area contributed by atoms with Crippen LogP contribution in [-0.4, -0.2) is 25.7 Å². The van der Waals surface area contributed by atoms with Crippen LogP contribution in [0.15, 0.2) is 28.7 Å². The highest BCUT2D eigenvalue weighted by Crippen LogP contribution is 2.21. The third-order valence-corrected chi connectivity index (χ3v) is 3.02. The summed E-state index contributed by atoms with van der Waals surface area (Å²) in [5, 5.41) is 2.79. The van der Waals surface area contributed by atoms with Gasteiger partial charge in [-0.25, -0.2) is 0 Å². The van der Waals surface area contributed by atoms with E-state index in [1.165, 1.54) is 0 Å². The maximum Gasteiger partial charge on any atom is 0.241 e. The number of nitrogens with one attached hydrogen (secondary N) is 1. The van der Waals surface area contributed by atoms with Gasteiger partial charge in [0, 0.05) is 18.2 Å². The molecule has 3 N–H and O–H groups in total. The van der Waals surface area contributed by atoms with Crippen molar-refractivity contribution >= 4 is 27.5 Å². The first-order valence-corrected chi connectivity index (χ1v) is 6.24. The summed E-state index contributed by atoms with van der Waals surface area (Å²) in [4.78, 5) is 11.8. The Morgan fingerprint density at radius 1 is 1.53 bits per heavy atom. The zero-order valence-electron chi connectivity index (χ0n) is 9.78. The standard InChI is InChI=1S/C12H17BrN2O2/c1-17-8-4-6-10(14)12(16)15-11-7-3-2-5-9(11)13/h2-3,5,7,10H,4,6,8,14H2,1H3,(H,15,16). The first kappa shape index (κ1) is 14.2. The van der Waals surface area contributed by atoms with Gasteiger partial charge in [-0.1, -0.05) is 12.1 Å². The summed E-state index contributed by atoms with van der Waals surface area (Å²) >= 11 is 3.36. The lowest BCUT2D eigenvalue weighted by Crippen LogP contribution is -2.35. The highest BCUT2D eigenvalue weighted by molar-refractivity contribution is 9.10. The van der Waals surface area contributed by atoms with Gasteiger partial charge < -0.3 is 15.8 Å². The summed E-state index contributed by atoms with van der Waals surface area (Å²) in [5.41, 5.74) is 6.51. The second-order valence-electron chi connectivity index (χ2n) is 3.71. The van der Waals surface area contributed by atoms with E-state index in [9.17, 15) is 4.79 Å². The summed E-state index contributed by atoms with van der Waals surface area (Å²) in [6, 6.07) is 6.93. The molecule has 0 spiro atoms. The molecule has 0 bridgehead atoms. The fourth-order valence-corrected chi connectivity index (χ4v) is 1.75. The van der Waals surface area contributed by atoms with Gasteiger partial charge in [0.1, 0.15) is 0 Å². The van der Waals surface area contributed by atoms with Crippen LogP contribution in [-0.2, 0) is 9.53 Å². The maximum atomic E-state index is 11.8. The van der Waals surface area contributed by atoms with Crippen LogP contribution in [0.3, 0.4) is 0 Å². The van der Waals surface area contributed by atoms with E-state index in [1.807, 2.05) is 24.3 Å². The average molecular weight is 301 g/mol. The molecule has 94 valence electrons. The number of halogens is 1. The predicted octanol–water partition coefficient (Wildman–Crippen LogP) is 2.14. The minimum atomic E-state index is -0.503. The van der Waals surface area contributed by atoms with Crippen molar-refractivity contribution < 1.29 is 9.53 Å². The van der Waals surface area contributed by atoms with Crippen molar-refractivity contribution in [2.24, 2.45) is 5.73 Å². The zero-order valence-corrected chi connectivity index (χ0v) is 11.4. The Bertz CT molecular complexity index is 371. The van der Waals surface area contributed by atoms with Crippen molar-refractivity contribution in [3.8, 4) is 0 Å². The van der Waals surface area contributed by atoms with Gasteiger partial charge in [-0.3, -0.25) is 4.79 Å². The van der Waals surface area contributed by atoms with Crippen molar-refractivity contribution in [3.05, 3.63) is 28.7 Å². The molecule has 17 heavy (non-hydrogen) atoms. The van der Waals surface area contributed by atoms with Crippen molar-refractivity contribution in [2.75, 3.05) is 19.0 Å². The lowest BCUT2D eigenvalue weighted by atomic mass is 10.1. The molecule has 0 heterocycles. The highest BCUT2D eigenvalue weighted by Gasteiger charge is 2.13. The molecule has 1 rings (SSSR count). The number of carbonyl (C=O) groups excluding carboxylic acids is 1. The lowest BCUT2D eigenvalue weighted by Gasteiger charge is -2.12. The number of amides is 1. The van der Waals surface area contributed by atoms with Gasteiger partial charge in [0.25, 0.3) is 0 Å². The van der Waals surface area contributed by atoms with E-state index < -0.39 is 6.04 Å². The van der Waals surface area contributed by atoms with Crippen molar-refractivity contribution in [1.29, 1.82) is 0 Å². The van der Waals surface area contributed by atoms with E-state index in [1.54, 1.807) is 7.11 Å². The number of hydrogen-bond acceptors (Lipinski definition) is 3. The molecule has 0 aromatic heterocycles. The van der Waals surface area contributed by atoms with Gasteiger partial charge in [-0.15, -0.1) is 0 Å². The van der Waals surface area contributed by atoms with Crippen LogP contribution in [0.2, 0.25) is 0 Å². The predicted molar refractivity (Wildman–Crippen MR) is 71.9 cm³/mol. The Morgan fingerprint density at radius 3 is 2.88 bits per heavy atom. The van der Waals surface area contributed by atoms with Crippen LogP contribution >= 0.6 is 15.9 Å². The molecular formula is C12H17BrN2O2. The number of nitrogens with two attached hydrogens (primary N) is 1. The fraction of sp³-hybridized carbons (Fsp3) is 0.417. The molecule has 0 aliphatic heterocycles. The van der Waals surface area contributed by atoms with Gasteiger partial charge >= 0.3 is 0 Å². The van der Waals surface area contributed by atoms with Crippen molar-refractivity contribution in [3.63, 3.8) is 0 Å². The molecule has 0 fully saturated rings. The van der Waals surface area contributed by atoms with E-state index in [0.29, 0.717) is 13.0 Å². The summed E-state index contributed by atoms with van der Waals surface area (Å²) in [6.07, 6.45) is 1.39. The van der Waals surface area contributed by atoms with Crippen LogP contribution in [0.1, 0.15) is 12.8 Å². The molecule has 1 aromatic rings. The molecule has 1 unspecified atom stereocenters. The SMILES string of the molecule is COCCCC(N)C(=O)Nc1ccccc1Br. The number of ether oxygens (including phenoxy) is 1. The highest BCUT2D eigenvalue weighted by atomic mass is 79.9. The molecule has 1 amide bonds. The van der Waals surface area contributed by atoms with Gasteiger partial charge in [0.15, 0.2) is 0 Å². The molecule has 1 atom stereocenters. The number of benzene rings is 1. The molecular weight excluding hydrogens is 284 g/mol. The van der Waals surface area contributed by atoms with E-state index >= 15 is 0 Å². The van der Waals surface area contributed by atoms with E-state index in [0.717, 1.165) is 16.6 Å². The second kappa shape index (κ2) is 7.42. The number of rotatable bonds is 6. The van der Waals surface area contributed by atoms with Gasteiger partial charge in [0.05, 0.1) is 11.7 Å². The number of carbonyl (C=O) groups is 1. The minimum absolute atomic E-state index is 0.173. The summed E-state index contributed by atoms with van der Waals surface area (Å²) in [5.74, 6) is -0.173. The maximum absolute atomic E-state index is 11.8. The molecule has 0 aliphatic rings. The number of methoxy groups -OCH3 is 1. The smallest absolute Gasteiger partial charge is 0.241 e. The normalized spacial score (nSPS) is 12.2. The first-order chi connectivity index (χ1) is 8.15. The monoisotopic (exact) mass is 300 g/mol. The van der Waals surface area contributed by atoms with E-state index in [-0.39, 0.29) is 5.91 Å². The van der Waals surface area contributed by atoms with Crippen molar-refractivity contribution in [1.82, 2.24) is 0 Å². The Morgan fingerprint density at radius 2 is 2.24 bits per heavy atom. The molecule has 1 aromatic carbocycles. The number of anilines is 1. The quantitative estimate of drug-likeness (QED) is 0.791. The van der Waals surface area contributed by atoms with E-state index in [2.05, 4.69) is 21.2 Å². The minimum Gasteiger partial charge on any atom is -0.385 e. The number of para-hydroxylation sites is 1. The summed E-state index contributed by atoms with van der Waals surface area (Å²) in [7, 11) is 1.63. The van der Waals surface area contributed by atoms with Crippen LogP contribution in [0, 0.1) is 0 Å². The van der Waals surface area contributed by atoms with Gasteiger partial charge in [0.2, 0.25) is 5.91 Å². The average Bonchev–Trinajstić information content (AvgIpc) is 2.32.